The summed E-state index contributed by atoms with van der Waals surface area (Å²) in [5.74, 6) is -0.764. The number of halogens is 1. The molecule has 1 aliphatic rings. The van der Waals surface area contributed by atoms with Gasteiger partial charge in [0.05, 0.1) is 10.6 Å². The number of nitrogens with zero attached hydrogens (tertiary/aromatic N) is 1. The second-order valence-electron chi connectivity index (χ2n) is 5.24. The largest absolute Gasteiger partial charge is 0.365 e. The van der Waals surface area contributed by atoms with Gasteiger partial charge in [-0.1, -0.05) is 48.8 Å². The van der Waals surface area contributed by atoms with E-state index in [9.17, 15) is 9.59 Å². The minimum atomic E-state index is -0.562. The number of rotatable bonds is 3. The van der Waals surface area contributed by atoms with Gasteiger partial charge in [-0.15, -0.1) is 0 Å². The molecule has 0 aliphatic heterocycles. The van der Waals surface area contributed by atoms with Crippen molar-refractivity contribution >= 4 is 29.1 Å². The van der Waals surface area contributed by atoms with E-state index in [1.165, 1.54) is 0 Å². The average molecular weight is 318 g/mol. The number of Topliss-reactive ketones (excluding diaryl/α,β-unsaturated/α-hetero) is 1. The molecule has 1 aromatic rings. The summed E-state index contributed by atoms with van der Waals surface area (Å²) in [5, 5.41) is 3.97. The van der Waals surface area contributed by atoms with Crippen LogP contribution < -0.4 is 0 Å². The highest BCUT2D eigenvalue weighted by Gasteiger charge is 2.26. The van der Waals surface area contributed by atoms with Gasteiger partial charge in [0.15, 0.2) is 0 Å². The molecule has 0 saturated heterocycles. The molecule has 0 fully saturated rings. The van der Waals surface area contributed by atoms with E-state index in [4.69, 9.17) is 16.4 Å². The summed E-state index contributed by atoms with van der Waals surface area (Å²) >= 11 is 6.05. The van der Waals surface area contributed by atoms with Gasteiger partial charge < -0.3 is 4.84 Å². The molecule has 0 radical (unpaired) electrons. The first-order valence-electron chi connectivity index (χ1n) is 6.89. The van der Waals surface area contributed by atoms with Gasteiger partial charge in [-0.2, -0.15) is 0 Å². The lowest BCUT2D eigenvalue weighted by atomic mass is 9.90. The maximum atomic E-state index is 12.1. The summed E-state index contributed by atoms with van der Waals surface area (Å²) in [4.78, 5) is 28.9. The first-order chi connectivity index (χ1) is 10.4. The van der Waals surface area contributed by atoms with Gasteiger partial charge in [0.1, 0.15) is 5.71 Å². The third kappa shape index (κ3) is 3.34. The number of ketones is 1. The number of oxime groups is 1. The molecular weight excluding hydrogens is 302 g/mol. The highest BCUT2D eigenvalue weighted by Crippen LogP contribution is 2.27. The van der Waals surface area contributed by atoms with Crippen LogP contribution >= 0.6 is 11.6 Å². The minimum absolute atomic E-state index is 0.00405. The van der Waals surface area contributed by atoms with Crippen molar-refractivity contribution in [2.75, 3.05) is 0 Å². The fourth-order valence-electron chi connectivity index (χ4n) is 1.97. The molecular formula is C17H16ClNO3. The molecule has 0 bridgehead atoms. The van der Waals surface area contributed by atoms with E-state index in [0.29, 0.717) is 22.4 Å². The average Bonchev–Trinajstić information content (AvgIpc) is 2.52. The molecule has 4 nitrogen and oxygen atoms in total. The van der Waals surface area contributed by atoms with Crippen molar-refractivity contribution in [3.8, 4) is 0 Å². The lowest BCUT2D eigenvalue weighted by Crippen LogP contribution is -2.19. The van der Waals surface area contributed by atoms with Crippen LogP contribution in [0.4, 0.5) is 0 Å². The lowest BCUT2D eigenvalue weighted by Gasteiger charge is -2.17. The Bertz CT molecular complexity index is 700. The van der Waals surface area contributed by atoms with Crippen molar-refractivity contribution in [1.82, 2.24) is 0 Å². The number of allylic oxidation sites excluding steroid dienone is 4. The normalized spacial score (nSPS) is 17.0. The molecule has 1 aliphatic carbocycles. The molecule has 0 unspecified atom stereocenters. The molecule has 1 aromatic carbocycles. The van der Waals surface area contributed by atoms with Crippen LogP contribution in [-0.4, -0.2) is 17.5 Å². The molecule has 114 valence electrons. The van der Waals surface area contributed by atoms with Gasteiger partial charge in [-0.05, 0) is 31.1 Å². The van der Waals surface area contributed by atoms with E-state index in [2.05, 4.69) is 5.16 Å². The van der Waals surface area contributed by atoms with Gasteiger partial charge >= 0.3 is 5.97 Å². The molecule has 0 spiro atoms. The van der Waals surface area contributed by atoms with Gasteiger partial charge in [0, 0.05) is 11.1 Å². The number of carbonyl (C=O) groups excluding carboxylic acids is 2. The van der Waals surface area contributed by atoms with E-state index in [1.54, 1.807) is 43.3 Å². The summed E-state index contributed by atoms with van der Waals surface area (Å²) in [6, 6.07) is 8.55. The predicted octanol–water partition coefficient (Wildman–Crippen LogP) is 3.88. The SMILES string of the molecule is CC1=C(Cl)C(=O)C(C(C)C)=CC1=NOC(=O)c1ccccc1. The zero-order valence-electron chi connectivity index (χ0n) is 12.6. The minimum Gasteiger partial charge on any atom is -0.312 e. The molecule has 0 N–H and O–H groups in total. The maximum Gasteiger partial charge on any atom is 0.365 e. The fraction of sp³-hybridized carbons (Fsp3) is 0.235. The quantitative estimate of drug-likeness (QED) is 0.483. The summed E-state index contributed by atoms with van der Waals surface area (Å²) in [5.41, 5.74) is 1.83. The standard InChI is InChI=1S/C17H16ClNO3/c1-10(2)13-9-14(11(3)15(18)16(13)20)19-22-17(21)12-7-5-4-6-8-12/h4-10H,1-3H3. The van der Waals surface area contributed by atoms with Gasteiger partial charge in [0.25, 0.3) is 0 Å². The van der Waals surface area contributed by atoms with Crippen LogP contribution in [0.3, 0.4) is 0 Å². The van der Waals surface area contributed by atoms with Crippen molar-refractivity contribution in [3.05, 3.63) is 58.1 Å². The zero-order chi connectivity index (χ0) is 16.3. The van der Waals surface area contributed by atoms with E-state index < -0.39 is 5.97 Å². The smallest absolute Gasteiger partial charge is 0.312 e. The molecule has 0 amide bonds. The number of hydrogen-bond donors (Lipinski definition) is 0. The molecule has 22 heavy (non-hydrogen) atoms. The molecule has 2 rings (SSSR count). The Hall–Kier alpha value is -2.20. The summed E-state index contributed by atoms with van der Waals surface area (Å²) in [6.07, 6.45) is 1.62. The zero-order valence-corrected chi connectivity index (χ0v) is 13.3. The van der Waals surface area contributed by atoms with Gasteiger partial charge in [-0.3, -0.25) is 4.79 Å². The summed E-state index contributed by atoms with van der Waals surface area (Å²) in [6.45, 7) is 5.45. The van der Waals surface area contributed by atoms with Crippen molar-refractivity contribution in [1.29, 1.82) is 0 Å². The summed E-state index contributed by atoms with van der Waals surface area (Å²) in [7, 11) is 0. The first-order valence-corrected chi connectivity index (χ1v) is 7.27. The Balaban J connectivity index is 2.26. The van der Waals surface area contributed by atoms with Crippen LogP contribution in [0.1, 0.15) is 31.1 Å². The van der Waals surface area contributed by atoms with E-state index in [1.807, 2.05) is 13.8 Å². The van der Waals surface area contributed by atoms with E-state index in [-0.39, 0.29) is 16.7 Å². The van der Waals surface area contributed by atoms with Crippen LogP contribution in [-0.2, 0) is 9.63 Å². The second kappa shape index (κ2) is 6.71. The number of hydrogen-bond acceptors (Lipinski definition) is 4. The van der Waals surface area contributed by atoms with Crippen LogP contribution in [0.2, 0.25) is 0 Å². The molecule has 0 heterocycles. The van der Waals surface area contributed by atoms with E-state index >= 15 is 0 Å². The Morgan fingerprint density at radius 1 is 1.23 bits per heavy atom. The highest BCUT2D eigenvalue weighted by atomic mass is 35.5. The Kier molecular flexibility index (Phi) is 4.93. The third-order valence-electron chi connectivity index (χ3n) is 3.33. The highest BCUT2D eigenvalue weighted by molar-refractivity contribution is 6.49. The molecule has 0 atom stereocenters. The molecule has 0 aromatic heterocycles. The summed E-state index contributed by atoms with van der Waals surface area (Å²) < 4.78 is 0. The lowest BCUT2D eigenvalue weighted by molar-refractivity contribution is -0.112. The van der Waals surface area contributed by atoms with Gasteiger partial charge in [0.2, 0.25) is 5.78 Å². The Morgan fingerprint density at radius 3 is 2.45 bits per heavy atom. The van der Waals surface area contributed by atoms with Crippen molar-refractivity contribution in [3.63, 3.8) is 0 Å². The van der Waals surface area contributed by atoms with Gasteiger partial charge in [-0.25, -0.2) is 4.79 Å². The Morgan fingerprint density at radius 2 is 1.86 bits per heavy atom. The number of carbonyl (C=O) groups is 2. The van der Waals surface area contributed by atoms with Crippen LogP contribution in [0.5, 0.6) is 0 Å². The van der Waals surface area contributed by atoms with E-state index in [0.717, 1.165) is 0 Å². The monoisotopic (exact) mass is 317 g/mol. The van der Waals surface area contributed by atoms with Crippen LogP contribution in [0.25, 0.3) is 0 Å². The topological polar surface area (TPSA) is 55.7 Å². The maximum absolute atomic E-state index is 12.1. The van der Waals surface area contributed by atoms with Crippen molar-refractivity contribution in [2.45, 2.75) is 20.8 Å². The van der Waals surface area contributed by atoms with Crippen LogP contribution in [0.15, 0.2) is 57.7 Å². The number of benzene rings is 1. The first kappa shape index (κ1) is 16.2. The fourth-order valence-corrected chi connectivity index (χ4v) is 2.18. The third-order valence-corrected chi connectivity index (χ3v) is 3.78. The molecule has 0 saturated carbocycles. The predicted molar refractivity (Wildman–Crippen MR) is 85.8 cm³/mol. The van der Waals surface area contributed by atoms with Crippen molar-refractivity contribution in [2.24, 2.45) is 11.1 Å². The molecule has 5 heteroatoms. The second-order valence-corrected chi connectivity index (χ2v) is 5.62. The van der Waals surface area contributed by atoms with Crippen LogP contribution in [0, 0.1) is 5.92 Å². The van der Waals surface area contributed by atoms with Crippen molar-refractivity contribution < 1.29 is 14.4 Å². The Labute approximate surface area is 134 Å².